The molecule has 1 heterocycles. The molecule has 0 saturated carbocycles. The molecule has 182 valence electrons. The Morgan fingerprint density at radius 1 is 1.09 bits per heavy atom. The van der Waals surface area contributed by atoms with Crippen molar-refractivity contribution in [3.8, 4) is 5.75 Å². The van der Waals surface area contributed by atoms with Crippen molar-refractivity contribution in [2.45, 2.75) is 19.3 Å². The Labute approximate surface area is 195 Å². The number of phenols is 1. The summed E-state index contributed by atoms with van der Waals surface area (Å²) in [7, 11) is 1.60. The average molecular weight is 475 g/mol. The summed E-state index contributed by atoms with van der Waals surface area (Å²) in [6.45, 7) is 1.86. The molecule has 1 fully saturated rings. The monoisotopic (exact) mass is 475 g/mol. The number of nitrogens with one attached hydrogen (secondary N) is 2. The Bertz CT molecular complexity index is 1030. The molecule has 34 heavy (non-hydrogen) atoms. The molecule has 1 saturated heterocycles. The van der Waals surface area contributed by atoms with Gasteiger partial charge < -0.3 is 25.4 Å². The zero-order valence-corrected chi connectivity index (χ0v) is 18.8. The Hall–Kier alpha value is -3.53. The number of carbonyl (C=O) groups excluding carboxylic acids is 3. The van der Waals surface area contributed by atoms with Crippen molar-refractivity contribution in [3.63, 3.8) is 0 Å². The normalized spacial score (nSPS) is 14.0. The van der Waals surface area contributed by atoms with Crippen molar-refractivity contribution in [1.29, 1.82) is 0 Å². The van der Waals surface area contributed by atoms with Crippen LogP contribution in [-0.2, 0) is 9.53 Å². The fraction of sp³-hybridized carbons (Fsp3) is 0.375. The van der Waals surface area contributed by atoms with Gasteiger partial charge in [-0.1, -0.05) is 0 Å². The zero-order valence-electron chi connectivity index (χ0n) is 18.8. The molecule has 1 aliphatic heterocycles. The smallest absolute Gasteiger partial charge is 0.257 e. The molecule has 3 N–H and O–H groups in total. The number of halogens is 2. The van der Waals surface area contributed by atoms with Gasteiger partial charge in [-0.2, -0.15) is 0 Å². The number of phenolic OH excluding ortho intramolecular Hbond substituents is 1. The van der Waals surface area contributed by atoms with Crippen LogP contribution in [0.3, 0.4) is 0 Å². The molecule has 10 heteroatoms. The van der Waals surface area contributed by atoms with Gasteiger partial charge in [0.25, 0.3) is 11.8 Å². The van der Waals surface area contributed by atoms with Crippen molar-refractivity contribution in [2.75, 3.05) is 38.7 Å². The molecule has 0 radical (unpaired) electrons. The standard InChI is InChI=1S/C24H27F2N3O5/c1-34-10-2-7-27-22(31)15-5-8-29(9-6-15)24(33)20-4-3-19(14-21(20)30)28-23(32)16-11-17(25)13-18(26)12-16/h3-4,11-15,30H,2,5-10H2,1H3,(H,27,31)(H,28,32). The van der Waals surface area contributed by atoms with E-state index in [0.29, 0.717) is 45.1 Å². The number of likely N-dealkylation sites (tertiary alicyclic amines) is 1. The minimum absolute atomic E-state index is 0.0377. The predicted octanol–water partition coefficient (Wildman–Crippen LogP) is 2.93. The van der Waals surface area contributed by atoms with Gasteiger partial charge in [-0.15, -0.1) is 0 Å². The maximum Gasteiger partial charge on any atom is 0.257 e. The van der Waals surface area contributed by atoms with E-state index in [0.717, 1.165) is 18.6 Å². The van der Waals surface area contributed by atoms with E-state index in [4.69, 9.17) is 4.74 Å². The molecule has 0 aliphatic carbocycles. The number of aromatic hydroxyl groups is 1. The Morgan fingerprint density at radius 3 is 2.38 bits per heavy atom. The van der Waals surface area contributed by atoms with Crippen molar-refractivity contribution < 1.29 is 33.0 Å². The van der Waals surface area contributed by atoms with Crippen LogP contribution in [-0.4, -0.2) is 61.1 Å². The van der Waals surface area contributed by atoms with E-state index < -0.39 is 17.5 Å². The third-order valence-corrected chi connectivity index (χ3v) is 5.59. The van der Waals surface area contributed by atoms with Crippen LogP contribution in [0.2, 0.25) is 0 Å². The van der Waals surface area contributed by atoms with Crippen LogP contribution in [0.15, 0.2) is 36.4 Å². The molecule has 3 rings (SSSR count). The second kappa shape index (κ2) is 11.6. The summed E-state index contributed by atoms with van der Waals surface area (Å²) < 4.78 is 31.6. The van der Waals surface area contributed by atoms with Crippen molar-refractivity contribution in [2.24, 2.45) is 5.92 Å². The molecular weight excluding hydrogens is 448 g/mol. The number of ether oxygens (including phenoxy) is 1. The van der Waals surface area contributed by atoms with E-state index in [2.05, 4.69) is 10.6 Å². The first-order chi connectivity index (χ1) is 16.3. The van der Waals surface area contributed by atoms with Crippen molar-refractivity contribution >= 4 is 23.4 Å². The molecule has 8 nitrogen and oxygen atoms in total. The largest absolute Gasteiger partial charge is 0.507 e. The topological polar surface area (TPSA) is 108 Å². The van der Waals surface area contributed by atoms with Gasteiger partial charge in [0.05, 0.1) is 5.56 Å². The fourth-order valence-corrected chi connectivity index (χ4v) is 3.77. The zero-order chi connectivity index (χ0) is 24.7. The predicted molar refractivity (Wildman–Crippen MR) is 121 cm³/mol. The summed E-state index contributed by atoms with van der Waals surface area (Å²) in [6.07, 6.45) is 1.76. The van der Waals surface area contributed by atoms with Gasteiger partial charge in [0.1, 0.15) is 17.4 Å². The third kappa shape index (κ3) is 6.50. The van der Waals surface area contributed by atoms with E-state index in [9.17, 15) is 28.3 Å². The molecule has 0 unspecified atom stereocenters. The quantitative estimate of drug-likeness (QED) is 0.509. The van der Waals surface area contributed by atoms with Crippen LogP contribution >= 0.6 is 0 Å². The second-order valence-corrected chi connectivity index (χ2v) is 8.05. The van der Waals surface area contributed by atoms with E-state index in [-0.39, 0.29) is 40.3 Å². The maximum absolute atomic E-state index is 13.3. The van der Waals surface area contributed by atoms with Crippen LogP contribution in [0.25, 0.3) is 0 Å². The minimum Gasteiger partial charge on any atom is -0.507 e. The molecule has 1 aliphatic rings. The van der Waals surface area contributed by atoms with Gasteiger partial charge in [0.2, 0.25) is 5.91 Å². The van der Waals surface area contributed by atoms with Crippen molar-refractivity contribution in [3.05, 3.63) is 59.2 Å². The highest BCUT2D eigenvalue weighted by Gasteiger charge is 2.28. The van der Waals surface area contributed by atoms with Crippen LogP contribution in [0.4, 0.5) is 14.5 Å². The number of hydrogen-bond acceptors (Lipinski definition) is 5. The Morgan fingerprint density at radius 2 is 1.76 bits per heavy atom. The molecule has 2 aromatic rings. The summed E-state index contributed by atoms with van der Waals surface area (Å²) in [4.78, 5) is 38.9. The lowest BCUT2D eigenvalue weighted by Crippen LogP contribution is -2.43. The lowest BCUT2D eigenvalue weighted by molar-refractivity contribution is -0.126. The van der Waals surface area contributed by atoms with Gasteiger partial charge in [0, 0.05) is 62.7 Å². The lowest BCUT2D eigenvalue weighted by atomic mass is 9.95. The van der Waals surface area contributed by atoms with E-state index in [1.807, 2.05) is 0 Å². The number of nitrogens with zero attached hydrogens (tertiary/aromatic N) is 1. The van der Waals surface area contributed by atoms with Crippen molar-refractivity contribution in [1.82, 2.24) is 10.2 Å². The maximum atomic E-state index is 13.3. The number of amides is 3. The number of benzene rings is 2. The van der Waals surface area contributed by atoms with E-state index in [1.54, 1.807) is 12.0 Å². The number of piperidine rings is 1. The number of carbonyl (C=O) groups is 3. The first kappa shape index (κ1) is 25.1. The number of hydrogen-bond donors (Lipinski definition) is 3. The molecule has 0 aromatic heterocycles. The molecule has 3 amide bonds. The van der Waals surface area contributed by atoms with Crippen LogP contribution in [0, 0.1) is 17.6 Å². The minimum atomic E-state index is -0.888. The van der Waals surface area contributed by atoms with Crippen LogP contribution in [0.5, 0.6) is 5.75 Å². The molecule has 0 spiro atoms. The number of methoxy groups -OCH3 is 1. The molecule has 0 bridgehead atoms. The highest BCUT2D eigenvalue weighted by molar-refractivity contribution is 6.05. The SMILES string of the molecule is COCCCNC(=O)C1CCN(C(=O)c2ccc(NC(=O)c3cc(F)cc(F)c3)cc2O)CC1. The first-order valence-corrected chi connectivity index (χ1v) is 10.9. The van der Waals surface area contributed by atoms with Crippen LogP contribution < -0.4 is 10.6 Å². The summed E-state index contributed by atoms with van der Waals surface area (Å²) in [5.74, 6) is -3.48. The molecular formula is C24H27F2N3O5. The summed E-state index contributed by atoms with van der Waals surface area (Å²) in [5, 5.41) is 15.7. The van der Waals surface area contributed by atoms with Gasteiger partial charge >= 0.3 is 0 Å². The van der Waals surface area contributed by atoms with Crippen LogP contribution in [0.1, 0.15) is 40.0 Å². The Kier molecular flexibility index (Phi) is 8.53. The summed E-state index contributed by atoms with van der Waals surface area (Å²) in [6, 6.07) is 6.41. The molecule has 2 aromatic carbocycles. The van der Waals surface area contributed by atoms with E-state index >= 15 is 0 Å². The summed E-state index contributed by atoms with van der Waals surface area (Å²) in [5.41, 5.74) is -0.00687. The van der Waals surface area contributed by atoms with Gasteiger partial charge in [-0.05, 0) is 43.5 Å². The Balaban J connectivity index is 1.56. The highest BCUT2D eigenvalue weighted by atomic mass is 19.1. The fourth-order valence-electron chi connectivity index (χ4n) is 3.77. The summed E-state index contributed by atoms with van der Waals surface area (Å²) >= 11 is 0. The van der Waals surface area contributed by atoms with Gasteiger partial charge in [-0.25, -0.2) is 8.78 Å². The molecule has 0 atom stereocenters. The first-order valence-electron chi connectivity index (χ1n) is 10.9. The number of rotatable bonds is 8. The van der Waals surface area contributed by atoms with Gasteiger partial charge in [-0.3, -0.25) is 14.4 Å². The highest BCUT2D eigenvalue weighted by Crippen LogP contribution is 2.26. The average Bonchev–Trinajstić information content (AvgIpc) is 2.81. The number of anilines is 1. The van der Waals surface area contributed by atoms with E-state index in [1.165, 1.54) is 18.2 Å². The third-order valence-electron chi connectivity index (χ3n) is 5.59. The van der Waals surface area contributed by atoms with Gasteiger partial charge in [0.15, 0.2) is 0 Å². The second-order valence-electron chi connectivity index (χ2n) is 8.05. The lowest BCUT2D eigenvalue weighted by Gasteiger charge is -2.31.